The standard InChI is InChI=1S/C17H18F3N3O/c18-17(19,20)16-13-9-5-2-6-10-14(13)23(22-16)11-15(24)21-12-7-3-1-4-8-12/h1,3-4,7-8H,2,5-6,9-11H2,(H,21,24). The second-order valence-corrected chi connectivity index (χ2v) is 5.90. The minimum Gasteiger partial charge on any atom is -0.324 e. The van der Waals surface area contributed by atoms with E-state index in [1.54, 1.807) is 24.3 Å². The van der Waals surface area contributed by atoms with Crippen molar-refractivity contribution in [3.05, 3.63) is 47.3 Å². The van der Waals surface area contributed by atoms with Crippen LogP contribution in [-0.4, -0.2) is 15.7 Å². The van der Waals surface area contributed by atoms with Gasteiger partial charge in [0.15, 0.2) is 5.69 Å². The van der Waals surface area contributed by atoms with Gasteiger partial charge in [0.05, 0.1) is 0 Å². The minimum absolute atomic E-state index is 0.215. The summed E-state index contributed by atoms with van der Waals surface area (Å²) in [7, 11) is 0. The third-order valence-corrected chi connectivity index (χ3v) is 4.13. The summed E-state index contributed by atoms with van der Waals surface area (Å²) in [5, 5.41) is 6.40. The third-order valence-electron chi connectivity index (χ3n) is 4.13. The van der Waals surface area contributed by atoms with Gasteiger partial charge >= 0.3 is 6.18 Å². The van der Waals surface area contributed by atoms with Crippen molar-refractivity contribution in [2.24, 2.45) is 0 Å². The number of para-hydroxylation sites is 1. The number of nitrogens with one attached hydrogen (secondary N) is 1. The van der Waals surface area contributed by atoms with Crippen LogP contribution in [0.4, 0.5) is 18.9 Å². The molecule has 1 amide bonds. The van der Waals surface area contributed by atoms with Gasteiger partial charge in [0.25, 0.3) is 0 Å². The normalized spacial score (nSPS) is 14.8. The van der Waals surface area contributed by atoms with Crippen LogP contribution >= 0.6 is 0 Å². The average molecular weight is 337 g/mol. The highest BCUT2D eigenvalue weighted by atomic mass is 19.4. The van der Waals surface area contributed by atoms with Crippen LogP contribution < -0.4 is 5.32 Å². The number of carbonyl (C=O) groups excluding carboxylic acids is 1. The summed E-state index contributed by atoms with van der Waals surface area (Å²) < 4.78 is 40.9. The highest BCUT2D eigenvalue weighted by Crippen LogP contribution is 2.35. The molecule has 0 spiro atoms. The van der Waals surface area contributed by atoms with Crippen molar-refractivity contribution >= 4 is 11.6 Å². The van der Waals surface area contributed by atoms with Crippen molar-refractivity contribution in [1.29, 1.82) is 0 Å². The van der Waals surface area contributed by atoms with E-state index in [0.717, 1.165) is 19.3 Å². The smallest absolute Gasteiger partial charge is 0.324 e. The number of benzene rings is 1. The molecule has 0 bridgehead atoms. The van der Waals surface area contributed by atoms with Crippen LogP contribution in [0.5, 0.6) is 0 Å². The molecule has 0 aliphatic heterocycles. The number of rotatable bonds is 3. The Balaban J connectivity index is 1.85. The number of anilines is 1. The lowest BCUT2D eigenvalue weighted by molar-refractivity contribution is -0.142. The fraction of sp³-hybridized carbons (Fsp3) is 0.412. The lowest BCUT2D eigenvalue weighted by Crippen LogP contribution is -2.21. The SMILES string of the molecule is O=C(Cn1nc(C(F)(F)F)c2c1CCCCC2)Nc1ccccc1. The van der Waals surface area contributed by atoms with Gasteiger partial charge in [-0.1, -0.05) is 24.6 Å². The van der Waals surface area contributed by atoms with Gasteiger partial charge in [0, 0.05) is 16.9 Å². The lowest BCUT2D eigenvalue weighted by atomic mass is 10.1. The van der Waals surface area contributed by atoms with E-state index in [2.05, 4.69) is 10.4 Å². The number of amides is 1. The van der Waals surface area contributed by atoms with Crippen molar-refractivity contribution in [3.63, 3.8) is 0 Å². The summed E-state index contributed by atoms with van der Waals surface area (Å²) in [5.74, 6) is -0.385. The van der Waals surface area contributed by atoms with E-state index >= 15 is 0 Å². The number of halogens is 3. The van der Waals surface area contributed by atoms with Crippen molar-refractivity contribution in [2.75, 3.05) is 5.32 Å². The molecular weight excluding hydrogens is 319 g/mol. The van der Waals surface area contributed by atoms with E-state index in [4.69, 9.17) is 0 Å². The first-order valence-electron chi connectivity index (χ1n) is 7.96. The van der Waals surface area contributed by atoms with Gasteiger partial charge in [0.1, 0.15) is 6.54 Å². The van der Waals surface area contributed by atoms with Crippen LogP contribution in [-0.2, 0) is 30.4 Å². The van der Waals surface area contributed by atoms with E-state index < -0.39 is 11.9 Å². The molecule has 1 aliphatic rings. The number of hydrogen-bond acceptors (Lipinski definition) is 2. The highest BCUT2D eigenvalue weighted by Gasteiger charge is 2.39. The number of carbonyl (C=O) groups is 1. The summed E-state index contributed by atoms with van der Waals surface area (Å²) in [6, 6.07) is 8.82. The van der Waals surface area contributed by atoms with Gasteiger partial charge < -0.3 is 5.32 Å². The maximum Gasteiger partial charge on any atom is 0.435 e. The Morgan fingerprint density at radius 3 is 2.54 bits per heavy atom. The quantitative estimate of drug-likeness (QED) is 0.866. The van der Waals surface area contributed by atoms with E-state index in [9.17, 15) is 18.0 Å². The maximum absolute atomic E-state index is 13.2. The topological polar surface area (TPSA) is 46.9 Å². The molecule has 1 aliphatic carbocycles. The maximum atomic E-state index is 13.2. The van der Waals surface area contributed by atoms with Crippen molar-refractivity contribution in [1.82, 2.24) is 9.78 Å². The molecule has 1 aromatic carbocycles. The second kappa shape index (κ2) is 6.67. The molecule has 0 radical (unpaired) electrons. The Morgan fingerprint density at radius 1 is 1.12 bits per heavy atom. The Hall–Kier alpha value is -2.31. The Kier molecular flexibility index (Phi) is 4.59. The molecule has 4 nitrogen and oxygen atoms in total. The zero-order valence-corrected chi connectivity index (χ0v) is 13.1. The molecule has 128 valence electrons. The molecule has 0 saturated carbocycles. The van der Waals surface area contributed by atoms with Gasteiger partial charge in [-0.25, -0.2) is 0 Å². The van der Waals surface area contributed by atoms with Gasteiger partial charge in [0.2, 0.25) is 5.91 Å². The monoisotopic (exact) mass is 337 g/mol. The van der Waals surface area contributed by atoms with E-state index in [1.807, 2.05) is 6.07 Å². The summed E-state index contributed by atoms with van der Waals surface area (Å²) >= 11 is 0. The van der Waals surface area contributed by atoms with Crippen molar-refractivity contribution in [2.45, 2.75) is 44.8 Å². The molecule has 1 heterocycles. The number of alkyl halides is 3. The minimum atomic E-state index is -4.49. The summed E-state index contributed by atoms with van der Waals surface area (Å²) in [5.41, 5.74) is 0.569. The number of aromatic nitrogens is 2. The van der Waals surface area contributed by atoms with Crippen LogP contribution in [0.1, 0.15) is 36.2 Å². The average Bonchev–Trinajstić information content (AvgIpc) is 2.71. The summed E-state index contributed by atoms with van der Waals surface area (Å²) in [6.45, 7) is -0.215. The highest BCUT2D eigenvalue weighted by molar-refractivity contribution is 5.90. The molecular formula is C17H18F3N3O. The van der Waals surface area contributed by atoms with E-state index in [0.29, 0.717) is 24.2 Å². The molecule has 0 unspecified atom stereocenters. The molecule has 1 aromatic heterocycles. The van der Waals surface area contributed by atoms with Crippen LogP contribution in [0.25, 0.3) is 0 Å². The lowest BCUT2D eigenvalue weighted by Gasteiger charge is -2.08. The fourth-order valence-electron chi connectivity index (χ4n) is 3.06. The molecule has 3 rings (SSSR count). The predicted octanol–water partition coefficient (Wildman–Crippen LogP) is 3.81. The van der Waals surface area contributed by atoms with Crippen LogP contribution in [0.15, 0.2) is 30.3 Å². The molecule has 0 atom stereocenters. The van der Waals surface area contributed by atoms with Gasteiger partial charge in [-0.15, -0.1) is 0 Å². The third kappa shape index (κ3) is 3.60. The zero-order valence-electron chi connectivity index (χ0n) is 13.1. The Bertz CT molecular complexity index is 723. The van der Waals surface area contributed by atoms with Gasteiger partial charge in [-0.3, -0.25) is 9.48 Å². The summed E-state index contributed by atoms with van der Waals surface area (Å²) in [6.07, 6.45) is -1.17. The number of hydrogen-bond donors (Lipinski definition) is 1. The van der Waals surface area contributed by atoms with Crippen LogP contribution in [0.2, 0.25) is 0 Å². The van der Waals surface area contributed by atoms with Crippen molar-refractivity contribution in [3.8, 4) is 0 Å². The molecule has 0 fully saturated rings. The first kappa shape index (κ1) is 16.5. The van der Waals surface area contributed by atoms with E-state index in [1.165, 1.54) is 4.68 Å². The molecule has 0 saturated heterocycles. The molecule has 24 heavy (non-hydrogen) atoms. The molecule has 1 N–H and O–H groups in total. The Labute approximate surface area is 137 Å². The molecule has 7 heteroatoms. The second-order valence-electron chi connectivity index (χ2n) is 5.90. The zero-order chi connectivity index (χ0) is 17.2. The largest absolute Gasteiger partial charge is 0.435 e. The number of fused-ring (bicyclic) bond motifs is 1. The first-order valence-corrected chi connectivity index (χ1v) is 7.96. The van der Waals surface area contributed by atoms with Gasteiger partial charge in [-0.05, 0) is 37.8 Å². The summed E-state index contributed by atoms with van der Waals surface area (Å²) in [4.78, 5) is 12.2. The van der Waals surface area contributed by atoms with Gasteiger partial charge in [-0.2, -0.15) is 18.3 Å². The van der Waals surface area contributed by atoms with Crippen molar-refractivity contribution < 1.29 is 18.0 Å². The Morgan fingerprint density at radius 2 is 1.83 bits per heavy atom. The van der Waals surface area contributed by atoms with E-state index in [-0.39, 0.29) is 18.0 Å². The molecule has 2 aromatic rings. The first-order chi connectivity index (χ1) is 11.4. The fourth-order valence-corrected chi connectivity index (χ4v) is 3.06. The number of nitrogens with zero attached hydrogens (tertiary/aromatic N) is 2. The predicted molar refractivity (Wildman–Crippen MR) is 83.6 cm³/mol. The van der Waals surface area contributed by atoms with Crippen LogP contribution in [0.3, 0.4) is 0 Å². The van der Waals surface area contributed by atoms with Crippen LogP contribution in [0, 0.1) is 0 Å².